The van der Waals surface area contributed by atoms with Crippen LogP contribution in [-0.2, 0) is 0 Å². The molecule has 0 fully saturated rings. The fourth-order valence-electron chi connectivity index (χ4n) is 0.916. The van der Waals surface area contributed by atoms with E-state index in [4.69, 9.17) is 16.3 Å². The largest absolute Gasteiger partial charge is 0.486 e. The highest BCUT2D eigenvalue weighted by Gasteiger charge is 2.17. The molecule has 0 heterocycles. The first-order valence-corrected chi connectivity index (χ1v) is 5.46. The molecule has 1 aromatic carbocycles. The summed E-state index contributed by atoms with van der Waals surface area (Å²) in [4.78, 5) is 0. The molecule has 0 spiro atoms. The second-order valence-corrected chi connectivity index (χ2v) is 5.12. The van der Waals surface area contributed by atoms with Crippen molar-refractivity contribution in [1.82, 2.24) is 0 Å². The van der Waals surface area contributed by atoms with Crippen LogP contribution in [0.3, 0.4) is 0 Å². The van der Waals surface area contributed by atoms with Gasteiger partial charge in [0.2, 0.25) is 0 Å². The predicted molar refractivity (Wildman–Crippen MR) is 60.9 cm³/mol. The maximum Gasteiger partial charge on any atom is 0.173 e. The van der Waals surface area contributed by atoms with Crippen molar-refractivity contribution in [3.05, 3.63) is 27.4 Å². The summed E-state index contributed by atoms with van der Waals surface area (Å²) in [5.41, 5.74) is -1.02. The Morgan fingerprint density at radius 2 is 2.13 bits per heavy atom. The van der Waals surface area contributed by atoms with Crippen LogP contribution in [0.25, 0.3) is 0 Å². The Hall–Kier alpha value is -0.320. The van der Waals surface area contributed by atoms with Gasteiger partial charge in [-0.3, -0.25) is 0 Å². The molecular weight excluding hydrogens is 286 g/mol. The van der Waals surface area contributed by atoms with Crippen molar-refractivity contribution in [2.75, 3.05) is 6.61 Å². The van der Waals surface area contributed by atoms with Crippen LogP contribution in [-0.4, -0.2) is 17.3 Å². The molecule has 0 atom stereocenters. The van der Waals surface area contributed by atoms with Gasteiger partial charge in [-0.2, -0.15) is 0 Å². The Morgan fingerprint density at radius 1 is 1.53 bits per heavy atom. The summed E-state index contributed by atoms with van der Waals surface area (Å²) in [6.07, 6.45) is 0. The lowest BCUT2D eigenvalue weighted by atomic mass is 10.2. The summed E-state index contributed by atoms with van der Waals surface area (Å²) in [7, 11) is 0. The molecule has 15 heavy (non-hydrogen) atoms. The number of hydrogen-bond donors (Lipinski definition) is 1. The maximum absolute atomic E-state index is 13.4. The van der Waals surface area contributed by atoms with E-state index in [1.54, 1.807) is 13.8 Å². The molecule has 5 heteroatoms. The highest BCUT2D eigenvalue weighted by Crippen LogP contribution is 2.31. The van der Waals surface area contributed by atoms with Crippen LogP contribution in [0.5, 0.6) is 5.75 Å². The molecule has 1 aromatic rings. The van der Waals surface area contributed by atoms with E-state index < -0.39 is 11.4 Å². The first-order valence-electron chi connectivity index (χ1n) is 4.29. The van der Waals surface area contributed by atoms with Gasteiger partial charge in [-0.05, 0) is 26.0 Å². The Labute approximate surface area is 101 Å². The molecule has 0 aliphatic heterocycles. The van der Waals surface area contributed by atoms with E-state index in [1.807, 2.05) is 0 Å². The fraction of sp³-hybridized carbons (Fsp3) is 0.400. The Morgan fingerprint density at radius 3 is 2.60 bits per heavy atom. The summed E-state index contributed by atoms with van der Waals surface area (Å²) < 4.78 is 19.0. The van der Waals surface area contributed by atoms with Gasteiger partial charge in [0.1, 0.15) is 6.61 Å². The first-order chi connectivity index (χ1) is 6.79. The number of aliphatic hydroxyl groups is 1. The van der Waals surface area contributed by atoms with E-state index in [2.05, 4.69) is 15.9 Å². The van der Waals surface area contributed by atoms with Gasteiger partial charge in [-0.25, -0.2) is 4.39 Å². The maximum atomic E-state index is 13.4. The minimum atomic E-state index is -1.02. The van der Waals surface area contributed by atoms with Gasteiger partial charge in [-0.15, -0.1) is 0 Å². The molecule has 0 saturated heterocycles. The van der Waals surface area contributed by atoms with E-state index in [-0.39, 0.29) is 17.4 Å². The number of ether oxygens (including phenoxy) is 1. The molecule has 0 bridgehead atoms. The summed E-state index contributed by atoms with van der Waals surface area (Å²) in [6.45, 7) is 3.11. The molecule has 0 amide bonds. The average Bonchev–Trinajstić information content (AvgIpc) is 1.99. The van der Waals surface area contributed by atoms with Crippen LogP contribution in [0.1, 0.15) is 13.8 Å². The summed E-state index contributed by atoms with van der Waals surface area (Å²) >= 11 is 8.90. The van der Waals surface area contributed by atoms with Gasteiger partial charge in [0.25, 0.3) is 0 Å². The zero-order valence-electron chi connectivity index (χ0n) is 8.35. The standard InChI is InChI=1S/C10H11BrClFO2/c1-10(2,14)5-15-9-7(12)3-6(11)4-8(9)13/h3-4,14H,5H2,1-2H3. The van der Waals surface area contributed by atoms with Crippen molar-refractivity contribution in [3.63, 3.8) is 0 Å². The van der Waals surface area contributed by atoms with Crippen molar-refractivity contribution >= 4 is 27.5 Å². The van der Waals surface area contributed by atoms with Crippen molar-refractivity contribution < 1.29 is 14.2 Å². The number of rotatable bonds is 3. The number of hydrogen-bond acceptors (Lipinski definition) is 2. The van der Waals surface area contributed by atoms with Crippen molar-refractivity contribution in [2.24, 2.45) is 0 Å². The fourth-order valence-corrected chi connectivity index (χ4v) is 1.74. The molecule has 0 radical (unpaired) electrons. The molecule has 0 saturated carbocycles. The van der Waals surface area contributed by atoms with Crippen LogP contribution in [0.4, 0.5) is 4.39 Å². The summed E-state index contributed by atoms with van der Waals surface area (Å²) in [5.74, 6) is -0.597. The second-order valence-electron chi connectivity index (χ2n) is 3.80. The summed E-state index contributed by atoms with van der Waals surface area (Å²) in [6, 6.07) is 2.79. The zero-order valence-corrected chi connectivity index (χ0v) is 10.7. The zero-order chi connectivity index (χ0) is 11.6. The van der Waals surface area contributed by atoms with Crippen molar-refractivity contribution in [3.8, 4) is 5.75 Å². The highest BCUT2D eigenvalue weighted by atomic mass is 79.9. The average molecular weight is 298 g/mol. The highest BCUT2D eigenvalue weighted by molar-refractivity contribution is 9.10. The van der Waals surface area contributed by atoms with Crippen LogP contribution in [0.15, 0.2) is 16.6 Å². The van der Waals surface area contributed by atoms with Crippen molar-refractivity contribution in [2.45, 2.75) is 19.4 Å². The predicted octanol–water partition coefficient (Wildman–Crippen LogP) is 3.39. The third kappa shape index (κ3) is 3.97. The molecule has 0 aromatic heterocycles. The quantitative estimate of drug-likeness (QED) is 0.926. The molecule has 1 N–H and O–H groups in total. The smallest absolute Gasteiger partial charge is 0.173 e. The monoisotopic (exact) mass is 296 g/mol. The normalized spacial score (nSPS) is 11.6. The van der Waals surface area contributed by atoms with E-state index in [9.17, 15) is 9.50 Å². The Balaban J connectivity index is 2.86. The van der Waals surface area contributed by atoms with Gasteiger partial charge in [0, 0.05) is 4.47 Å². The van der Waals surface area contributed by atoms with Gasteiger partial charge in [0.05, 0.1) is 10.6 Å². The SMILES string of the molecule is CC(C)(O)COc1c(F)cc(Br)cc1Cl. The van der Waals surface area contributed by atoms with Crippen LogP contribution in [0, 0.1) is 5.82 Å². The molecule has 0 aliphatic rings. The lowest BCUT2D eigenvalue weighted by molar-refractivity contribution is 0.0272. The Bertz CT molecular complexity index is 340. The molecule has 1 rings (SSSR count). The Kier molecular flexibility index (Phi) is 3.98. The van der Waals surface area contributed by atoms with Crippen molar-refractivity contribution in [1.29, 1.82) is 0 Å². The van der Waals surface area contributed by atoms with Crippen LogP contribution in [0.2, 0.25) is 5.02 Å². The number of halogens is 3. The third-order valence-electron chi connectivity index (χ3n) is 1.53. The third-order valence-corrected chi connectivity index (χ3v) is 2.27. The molecule has 0 unspecified atom stereocenters. The number of benzene rings is 1. The molecule has 2 nitrogen and oxygen atoms in total. The van der Waals surface area contributed by atoms with E-state index >= 15 is 0 Å². The second kappa shape index (κ2) is 4.68. The van der Waals surface area contributed by atoms with Crippen LogP contribution >= 0.6 is 27.5 Å². The van der Waals surface area contributed by atoms with Gasteiger partial charge in [0.15, 0.2) is 11.6 Å². The van der Waals surface area contributed by atoms with Gasteiger partial charge < -0.3 is 9.84 Å². The lowest BCUT2D eigenvalue weighted by Gasteiger charge is -2.18. The van der Waals surface area contributed by atoms with E-state index in [0.29, 0.717) is 4.47 Å². The lowest BCUT2D eigenvalue weighted by Crippen LogP contribution is -2.28. The molecule has 84 valence electrons. The first kappa shape index (κ1) is 12.7. The minimum Gasteiger partial charge on any atom is -0.486 e. The van der Waals surface area contributed by atoms with E-state index in [0.717, 1.165) is 0 Å². The molecular formula is C10H11BrClFO2. The van der Waals surface area contributed by atoms with Gasteiger partial charge >= 0.3 is 0 Å². The summed E-state index contributed by atoms with van der Waals surface area (Å²) in [5, 5.41) is 9.59. The van der Waals surface area contributed by atoms with E-state index in [1.165, 1.54) is 12.1 Å². The molecule has 0 aliphatic carbocycles. The topological polar surface area (TPSA) is 29.5 Å². The van der Waals surface area contributed by atoms with Crippen LogP contribution < -0.4 is 4.74 Å². The minimum absolute atomic E-state index is 0.0225. The van der Waals surface area contributed by atoms with Gasteiger partial charge in [-0.1, -0.05) is 27.5 Å².